The average Bonchev–Trinajstić information content (AvgIpc) is 3.49. The van der Waals surface area contributed by atoms with Crippen LogP contribution in [0.1, 0.15) is 37.7 Å². The summed E-state index contributed by atoms with van der Waals surface area (Å²) in [7, 11) is 0. The predicted molar refractivity (Wildman–Crippen MR) is 134 cm³/mol. The van der Waals surface area contributed by atoms with Crippen molar-refractivity contribution in [2.75, 3.05) is 26.3 Å². The number of hydrogen-bond acceptors (Lipinski definition) is 6. The topological polar surface area (TPSA) is 79.2 Å². The Kier molecular flexibility index (Phi) is 9.30. The van der Waals surface area contributed by atoms with Gasteiger partial charge in [0.15, 0.2) is 0 Å². The first kappa shape index (κ1) is 25.1. The van der Waals surface area contributed by atoms with E-state index in [1.54, 1.807) is 11.3 Å². The maximum Gasteiger partial charge on any atom is 0.303 e. The molecule has 0 spiro atoms. The fourth-order valence-electron chi connectivity index (χ4n) is 5.08. The molecule has 1 saturated carbocycles. The van der Waals surface area contributed by atoms with Crippen molar-refractivity contribution in [2.24, 2.45) is 5.92 Å². The second kappa shape index (κ2) is 12.6. The summed E-state index contributed by atoms with van der Waals surface area (Å²) < 4.78 is 11.9. The fourth-order valence-corrected chi connectivity index (χ4v) is 5.82. The van der Waals surface area contributed by atoms with Crippen molar-refractivity contribution in [1.29, 1.82) is 0 Å². The number of aliphatic hydroxyl groups is 1. The summed E-state index contributed by atoms with van der Waals surface area (Å²) in [6.07, 6.45) is 6.81. The van der Waals surface area contributed by atoms with Gasteiger partial charge < -0.3 is 19.7 Å². The highest BCUT2D eigenvalue weighted by molar-refractivity contribution is 7.13. The van der Waals surface area contributed by atoms with Crippen LogP contribution in [0.2, 0.25) is 0 Å². The first-order valence-corrected chi connectivity index (χ1v) is 13.1. The summed E-state index contributed by atoms with van der Waals surface area (Å²) in [5.74, 6) is -0.564. The molecular weight excluding hydrogens is 450 g/mol. The molecule has 2 aliphatic rings. The van der Waals surface area contributed by atoms with Gasteiger partial charge in [-0.3, -0.25) is 9.69 Å². The maximum absolute atomic E-state index is 11.0. The highest BCUT2D eigenvalue weighted by Gasteiger charge is 2.45. The summed E-state index contributed by atoms with van der Waals surface area (Å²) in [6, 6.07) is 12.8. The molecule has 1 saturated heterocycles. The van der Waals surface area contributed by atoms with Crippen LogP contribution in [0, 0.1) is 5.92 Å². The summed E-state index contributed by atoms with van der Waals surface area (Å²) in [5, 5.41) is 21.9. The number of aliphatic carboxylic acids is 1. The number of carboxylic acid groups (broad SMARTS) is 1. The number of morpholine rings is 1. The average molecular weight is 486 g/mol. The van der Waals surface area contributed by atoms with Crippen LogP contribution in [0.5, 0.6) is 0 Å². The highest BCUT2D eigenvalue weighted by Crippen LogP contribution is 2.36. The second-order valence-electron chi connectivity index (χ2n) is 9.12. The number of hydrogen-bond donors (Lipinski definition) is 2. The third-order valence-electron chi connectivity index (χ3n) is 6.81. The van der Waals surface area contributed by atoms with Crippen molar-refractivity contribution in [1.82, 2.24) is 4.90 Å². The summed E-state index contributed by atoms with van der Waals surface area (Å²) >= 11 is 1.74. The van der Waals surface area contributed by atoms with Crippen molar-refractivity contribution in [3.05, 3.63) is 59.5 Å². The predicted octanol–water partition coefficient (Wildman–Crippen LogP) is 4.58. The first-order chi connectivity index (χ1) is 16.6. The van der Waals surface area contributed by atoms with E-state index < -0.39 is 12.1 Å². The van der Waals surface area contributed by atoms with Gasteiger partial charge in [-0.25, -0.2) is 0 Å². The lowest BCUT2D eigenvalue weighted by atomic mass is 9.94. The number of nitrogens with zero attached hydrogens (tertiary/aromatic N) is 1. The third-order valence-corrected chi connectivity index (χ3v) is 7.73. The zero-order chi connectivity index (χ0) is 23.8. The van der Waals surface area contributed by atoms with Crippen molar-refractivity contribution < 1.29 is 24.5 Å². The van der Waals surface area contributed by atoms with E-state index in [1.165, 1.54) is 10.4 Å². The van der Waals surface area contributed by atoms with E-state index in [2.05, 4.69) is 58.8 Å². The van der Waals surface area contributed by atoms with Gasteiger partial charge in [-0.2, -0.15) is 0 Å². The molecule has 34 heavy (non-hydrogen) atoms. The van der Waals surface area contributed by atoms with Crippen LogP contribution in [0.25, 0.3) is 10.4 Å². The molecule has 184 valence electrons. The molecule has 0 radical (unpaired) electrons. The van der Waals surface area contributed by atoms with Gasteiger partial charge in [-0.05, 0) is 41.8 Å². The zero-order valence-corrected chi connectivity index (χ0v) is 20.4. The van der Waals surface area contributed by atoms with Crippen LogP contribution in [0.15, 0.2) is 53.9 Å². The van der Waals surface area contributed by atoms with Gasteiger partial charge >= 0.3 is 5.97 Å². The minimum atomic E-state index is -0.753. The normalized spacial score (nSPS) is 25.8. The molecule has 0 unspecified atom stereocenters. The second-order valence-corrected chi connectivity index (χ2v) is 10.1. The number of carbonyl (C=O) groups is 1. The molecule has 1 aliphatic heterocycles. The summed E-state index contributed by atoms with van der Waals surface area (Å²) in [5.41, 5.74) is 2.35. The van der Waals surface area contributed by atoms with Crippen molar-refractivity contribution in [3.63, 3.8) is 0 Å². The Morgan fingerprint density at radius 1 is 1.18 bits per heavy atom. The highest BCUT2D eigenvalue weighted by atomic mass is 32.1. The van der Waals surface area contributed by atoms with Gasteiger partial charge in [0.1, 0.15) is 0 Å². The van der Waals surface area contributed by atoms with E-state index >= 15 is 0 Å². The molecule has 2 fully saturated rings. The minimum absolute atomic E-state index is 0.0245. The van der Waals surface area contributed by atoms with Gasteiger partial charge in [0.05, 0.1) is 32.0 Å². The number of benzene rings is 1. The monoisotopic (exact) mass is 485 g/mol. The number of rotatable bonds is 11. The number of thiophene rings is 1. The van der Waals surface area contributed by atoms with E-state index in [-0.39, 0.29) is 24.5 Å². The molecule has 4 atom stereocenters. The molecule has 1 aromatic heterocycles. The lowest BCUT2D eigenvalue weighted by Gasteiger charge is -2.37. The molecule has 6 nitrogen and oxygen atoms in total. The van der Waals surface area contributed by atoms with E-state index in [0.717, 1.165) is 31.5 Å². The Morgan fingerprint density at radius 2 is 1.97 bits per heavy atom. The molecule has 1 aromatic carbocycles. The van der Waals surface area contributed by atoms with Crippen LogP contribution < -0.4 is 0 Å². The fraction of sp³-hybridized carbons (Fsp3) is 0.519. The Bertz CT molecular complexity index is 908. The van der Waals surface area contributed by atoms with Gasteiger partial charge in [-0.1, -0.05) is 42.5 Å². The Labute approximate surface area is 205 Å². The number of ether oxygens (including phenoxy) is 2. The molecule has 7 heteroatoms. The number of allylic oxidation sites excluding steroid dienone is 2. The lowest BCUT2D eigenvalue weighted by Crippen LogP contribution is -2.50. The van der Waals surface area contributed by atoms with Crippen LogP contribution in [0.3, 0.4) is 0 Å². The van der Waals surface area contributed by atoms with E-state index in [9.17, 15) is 9.90 Å². The summed E-state index contributed by atoms with van der Waals surface area (Å²) in [4.78, 5) is 14.3. The standard InChI is InChI=1S/C27H35NO5S/c29-23-18-24(33-19-20-9-11-21(12-10-20)25-7-5-17-34-25)22(6-3-1-2-4-8-26(30)31)27(23)28-13-15-32-16-14-28/h1,3,5,7,9-12,17,22-24,27,29H,2,4,6,8,13-16,18-19H2,(H,30,31)/t22-,23+,24-,27+/m0/s1. The van der Waals surface area contributed by atoms with Crippen LogP contribution in [0.4, 0.5) is 0 Å². The third kappa shape index (κ3) is 6.77. The Hall–Kier alpha value is -2.03. The zero-order valence-electron chi connectivity index (χ0n) is 19.6. The number of aliphatic hydroxyl groups excluding tert-OH is 1. The molecule has 1 aliphatic carbocycles. The van der Waals surface area contributed by atoms with Crippen LogP contribution in [-0.4, -0.2) is 65.6 Å². The maximum atomic E-state index is 11.0. The van der Waals surface area contributed by atoms with Gasteiger partial charge in [0.2, 0.25) is 0 Å². The Balaban J connectivity index is 1.38. The molecule has 0 bridgehead atoms. The van der Waals surface area contributed by atoms with E-state index in [0.29, 0.717) is 32.7 Å². The lowest BCUT2D eigenvalue weighted by molar-refractivity contribution is -0.137. The van der Waals surface area contributed by atoms with Crippen molar-refractivity contribution in [2.45, 2.75) is 57.0 Å². The molecule has 4 rings (SSSR count). The number of unbranched alkanes of at least 4 members (excludes halogenated alkanes) is 1. The Morgan fingerprint density at radius 3 is 2.68 bits per heavy atom. The minimum Gasteiger partial charge on any atom is -0.481 e. The van der Waals surface area contributed by atoms with Gasteiger partial charge in [-0.15, -0.1) is 11.3 Å². The SMILES string of the molecule is O=C(O)CCCC=CC[C@@H]1[C@@H](N2CCOCC2)[C@H](O)C[C@@H]1OCc1ccc(-c2cccs2)cc1. The van der Waals surface area contributed by atoms with Crippen molar-refractivity contribution in [3.8, 4) is 10.4 Å². The first-order valence-electron chi connectivity index (χ1n) is 12.2. The quantitative estimate of drug-likeness (QED) is 0.358. The smallest absolute Gasteiger partial charge is 0.303 e. The molecule has 2 N–H and O–H groups in total. The van der Waals surface area contributed by atoms with Crippen LogP contribution in [-0.2, 0) is 20.9 Å². The van der Waals surface area contributed by atoms with Crippen LogP contribution >= 0.6 is 11.3 Å². The largest absolute Gasteiger partial charge is 0.481 e. The molecule has 0 amide bonds. The van der Waals surface area contributed by atoms with E-state index in [1.807, 2.05) is 0 Å². The van der Waals surface area contributed by atoms with E-state index in [4.69, 9.17) is 14.6 Å². The summed E-state index contributed by atoms with van der Waals surface area (Å²) in [6.45, 7) is 3.58. The molecular formula is C27H35NO5S. The molecule has 2 heterocycles. The molecule has 2 aromatic rings. The van der Waals surface area contributed by atoms with Crippen molar-refractivity contribution >= 4 is 17.3 Å². The van der Waals surface area contributed by atoms with Gasteiger partial charge in [0.25, 0.3) is 0 Å². The number of carboxylic acids is 1. The van der Waals surface area contributed by atoms with Gasteiger partial charge in [0, 0.05) is 42.8 Å².